The number of carbonyl (C=O) groups is 9. The maximum absolute atomic E-state index is 14.6. The summed E-state index contributed by atoms with van der Waals surface area (Å²) in [5.41, 5.74) is 9.56. The number of halogens is 4. The minimum absolute atomic E-state index is 0.0717. The van der Waals surface area contributed by atoms with Crippen molar-refractivity contribution in [1.29, 1.82) is 0 Å². The van der Waals surface area contributed by atoms with Gasteiger partial charge in [-0.3, -0.25) is 68.4 Å². The number of anilines is 2. The third-order valence-corrected chi connectivity index (χ3v) is 16.4. The van der Waals surface area contributed by atoms with Gasteiger partial charge in [-0.1, -0.05) is 25.0 Å². The van der Waals surface area contributed by atoms with Gasteiger partial charge in [-0.05, 0) is 140 Å². The minimum Gasteiger partial charge on any atom is -0.379 e. The molecule has 100 heavy (non-hydrogen) atoms. The monoisotopic (exact) mass is 1520 g/mol. The number of ether oxygens (including phenoxy) is 10. The van der Waals surface area contributed by atoms with E-state index < -0.39 is 88.4 Å². The first kappa shape index (κ1) is 80.1. The second kappa shape index (κ2) is 44.2. The van der Waals surface area contributed by atoms with Gasteiger partial charge in [0.05, 0.1) is 158 Å². The molecule has 31 heteroatoms. The van der Waals surface area contributed by atoms with Crippen LogP contribution in [0.3, 0.4) is 0 Å². The molecule has 0 aromatic heterocycles. The van der Waals surface area contributed by atoms with Crippen LogP contribution >= 0.6 is 22.6 Å². The standard InChI is InChI=1S/C43H50F3IN4O11.C26H37N3O9/c44-33-11-10-31(39(38(33)46)48-35-12-8-29(47)27-34(35)45)40(53)50-62-17-4-2-1-3-15-57-18-20-59-22-24-61-25-23-60-21-19-58-16-5-6-28-7-9-30-32(26-28)43(56)51(42(30)55)36-13-14-37(52)49-41(36)54;27-7-9-35-11-13-37-15-17-38-16-14-36-12-10-34-8-1-2-19-3-4-20-21(18-19)26(33)29(25(20)32)22-5-6-23(30)28-24(22)31/h7-12,26-27,36,48H,1-6,13-25H2,(H,50,53)(H,49,52,54);3-4,18,22H,1-2,5-17,27H2,(H,28,30,31). The SMILES string of the molecule is NCCOCCOCCOCCOCCOCCCc1ccc2c(c1)C(=O)N(C1CCC(=O)NC1=O)C2=O.O=C1CCC(N2C(=O)c3ccc(CCCOCCOCCOCCOCCOCCCCCCONC(=O)c4ccc(F)c(F)c4Nc4ccc(I)cc4F)cc3C2=O)C(=O)N1. The molecule has 0 bridgehead atoms. The van der Waals surface area contributed by atoms with E-state index in [1.54, 1.807) is 36.4 Å². The van der Waals surface area contributed by atoms with E-state index in [2.05, 4.69) is 21.4 Å². The maximum Gasteiger partial charge on any atom is 0.277 e. The first-order valence-corrected chi connectivity index (χ1v) is 34.4. The average molecular weight is 1520 g/mol. The molecule has 2 saturated heterocycles. The summed E-state index contributed by atoms with van der Waals surface area (Å²) in [6.45, 7) is 10.2. The highest BCUT2D eigenvalue weighted by Crippen LogP contribution is 2.32. The molecule has 4 aromatic rings. The number of unbranched alkanes of at least 4 members (excludes halogenated alkanes) is 3. The lowest BCUT2D eigenvalue weighted by Gasteiger charge is -2.27. The topological polar surface area (TPSA) is 336 Å². The summed E-state index contributed by atoms with van der Waals surface area (Å²) in [5.74, 6) is -8.11. The summed E-state index contributed by atoms with van der Waals surface area (Å²) in [6, 6.07) is 14.3. The lowest BCUT2D eigenvalue weighted by molar-refractivity contribution is -0.137. The molecule has 2 atom stereocenters. The van der Waals surface area contributed by atoms with Crippen LogP contribution < -0.4 is 27.2 Å². The van der Waals surface area contributed by atoms with Crippen LogP contribution in [0.2, 0.25) is 0 Å². The van der Waals surface area contributed by atoms with Crippen LogP contribution in [0.4, 0.5) is 24.5 Å². The Morgan fingerprint density at radius 2 is 0.860 bits per heavy atom. The van der Waals surface area contributed by atoms with Crippen LogP contribution in [0.1, 0.15) is 127 Å². The molecular weight excluding hydrogens is 1430 g/mol. The molecule has 6 N–H and O–H groups in total. The van der Waals surface area contributed by atoms with E-state index >= 15 is 0 Å². The number of aryl methyl sites for hydroxylation is 2. The predicted molar refractivity (Wildman–Crippen MR) is 361 cm³/mol. The number of carbonyl (C=O) groups excluding carboxylic acids is 9. The van der Waals surface area contributed by atoms with Gasteiger partial charge in [0.1, 0.15) is 17.9 Å². The van der Waals surface area contributed by atoms with Crippen LogP contribution in [-0.4, -0.2) is 220 Å². The molecule has 27 nitrogen and oxygen atoms in total. The Hall–Kier alpha value is -7.25. The van der Waals surface area contributed by atoms with E-state index in [0.717, 1.165) is 58.7 Å². The molecule has 2 fully saturated rings. The second-order valence-electron chi connectivity index (χ2n) is 23.0. The fraction of sp³-hybridized carbons (Fsp3) is 0.522. The lowest BCUT2D eigenvalue weighted by atomic mass is 10.0. The number of hydrogen-bond donors (Lipinski definition) is 5. The smallest absolute Gasteiger partial charge is 0.277 e. The molecule has 0 saturated carbocycles. The van der Waals surface area contributed by atoms with Crippen molar-refractivity contribution in [1.82, 2.24) is 25.9 Å². The van der Waals surface area contributed by atoms with Gasteiger partial charge in [0.25, 0.3) is 29.5 Å². The maximum atomic E-state index is 14.6. The molecular formula is C69H87F3IN7O20. The summed E-state index contributed by atoms with van der Waals surface area (Å²) in [7, 11) is 0. The van der Waals surface area contributed by atoms with Crippen molar-refractivity contribution in [3.63, 3.8) is 0 Å². The molecule has 4 aromatic carbocycles. The first-order valence-electron chi connectivity index (χ1n) is 33.4. The van der Waals surface area contributed by atoms with E-state index in [0.29, 0.717) is 168 Å². The van der Waals surface area contributed by atoms with Gasteiger partial charge in [-0.15, -0.1) is 0 Å². The molecule has 2 unspecified atom stereocenters. The molecule has 0 radical (unpaired) electrons. The van der Waals surface area contributed by atoms with Crippen LogP contribution in [0, 0.1) is 21.0 Å². The molecule has 0 spiro atoms. The number of nitrogens with one attached hydrogen (secondary N) is 4. The fourth-order valence-electron chi connectivity index (χ4n) is 10.6. The van der Waals surface area contributed by atoms with Crippen LogP contribution in [0.5, 0.6) is 0 Å². The zero-order valence-corrected chi connectivity index (χ0v) is 57.9. The normalized spacial score (nSPS) is 15.8. The number of benzene rings is 4. The Labute approximate surface area is 590 Å². The van der Waals surface area contributed by atoms with Crippen LogP contribution in [0.25, 0.3) is 0 Å². The average Bonchev–Trinajstić information content (AvgIpc) is 1.62. The predicted octanol–water partition coefficient (Wildman–Crippen LogP) is 5.85. The molecule has 0 aliphatic carbocycles. The first-order chi connectivity index (χ1) is 48.6. The van der Waals surface area contributed by atoms with Crippen LogP contribution in [0.15, 0.2) is 66.7 Å². The van der Waals surface area contributed by atoms with Crippen molar-refractivity contribution in [3.05, 3.63) is 127 Å². The third-order valence-electron chi connectivity index (χ3n) is 15.7. The summed E-state index contributed by atoms with van der Waals surface area (Å²) >= 11 is 1.92. The summed E-state index contributed by atoms with van der Waals surface area (Å²) < 4.78 is 98.3. The Morgan fingerprint density at radius 3 is 1.28 bits per heavy atom. The van der Waals surface area contributed by atoms with E-state index in [1.807, 2.05) is 28.7 Å². The highest BCUT2D eigenvalue weighted by atomic mass is 127. The molecule has 9 amide bonds. The van der Waals surface area contributed by atoms with Crippen molar-refractivity contribution in [2.75, 3.05) is 151 Å². The molecule has 546 valence electrons. The van der Waals surface area contributed by atoms with Gasteiger partial charge in [0.15, 0.2) is 11.6 Å². The number of nitrogens with two attached hydrogens (primary N) is 1. The number of hydroxylamine groups is 1. The zero-order valence-electron chi connectivity index (χ0n) is 55.7. The lowest BCUT2D eigenvalue weighted by Crippen LogP contribution is -2.54. The summed E-state index contributed by atoms with van der Waals surface area (Å²) in [5, 5.41) is 6.87. The number of amides is 9. The summed E-state index contributed by atoms with van der Waals surface area (Å²) in [6.07, 6.45) is 6.32. The number of imide groups is 4. The highest BCUT2D eigenvalue weighted by molar-refractivity contribution is 14.1. The highest BCUT2D eigenvalue weighted by Gasteiger charge is 2.46. The van der Waals surface area contributed by atoms with Gasteiger partial charge in [-0.2, -0.15) is 0 Å². The van der Waals surface area contributed by atoms with Gasteiger partial charge < -0.3 is 58.4 Å². The van der Waals surface area contributed by atoms with Crippen molar-refractivity contribution in [2.45, 2.75) is 89.1 Å². The number of nitrogens with zero attached hydrogens (tertiary/aromatic N) is 2. The molecule has 4 aliphatic rings. The molecule has 4 aliphatic heterocycles. The van der Waals surface area contributed by atoms with E-state index in [9.17, 15) is 56.3 Å². The van der Waals surface area contributed by atoms with Crippen molar-refractivity contribution in [3.8, 4) is 0 Å². The Bertz CT molecular complexity index is 3390. The van der Waals surface area contributed by atoms with Gasteiger partial charge >= 0.3 is 0 Å². The fourth-order valence-corrected chi connectivity index (χ4v) is 11.1. The van der Waals surface area contributed by atoms with Gasteiger partial charge in [0.2, 0.25) is 23.6 Å². The van der Waals surface area contributed by atoms with Crippen molar-refractivity contribution >= 4 is 87.1 Å². The number of piperidine rings is 2. The largest absolute Gasteiger partial charge is 0.379 e. The van der Waals surface area contributed by atoms with E-state index in [-0.39, 0.29) is 65.8 Å². The minimum atomic E-state index is -1.31. The molecule has 8 rings (SSSR count). The van der Waals surface area contributed by atoms with E-state index in [1.165, 1.54) is 12.1 Å². The molecule has 4 heterocycles. The number of fused-ring (bicyclic) bond motifs is 2. The Morgan fingerprint density at radius 1 is 0.460 bits per heavy atom. The Kier molecular flexibility index (Phi) is 35.4. The van der Waals surface area contributed by atoms with Gasteiger partial charge in [0, 0.05) is 42.8 Å². The zero-order chi connectivity index (χ0) is 71.4. The van der Waals surface area contributed by atoms with E-state index in [4.69, 9.17) is 57.9 Å². The van der Waals surface area contributed by atoms with Crippen molar-refractivity contribution < 1.29 is 109 Å². The van der Waals surface area contributed by atoms with Crippen molar-refractivity contribution in [2.24, 2.45) is 5.73 Å². The second-order valence-corrected chi connectivity index (χ2v) is 24.2. The number of rotatable bonds is 47. The summed E-state index contributed by atoms with van der Waals surface area (Å²) in [4.78, 5) is 119. The van der Waals surface area contributed by atoms with Gasteiger partial charge in [-0.25, -0.2) is 18.7 Å². The Balaban J connectivity index is 0.000000316. The quantitative estimate of drug-likeness (QED) is 0.0150. The number of hydrogen-bond acceptors (Lipinski definition) is 22. The van der Waals surface area contributed by atoms with Crippen LogP contribution in [-0.2, 0) is 84.2 Å². The third kappa shape index (κ3) is 25.7.